The van der Waals surface area contributed by atoms with Crippen LogP contribution in [0.3, 0.4) is 0 Å². The molecule has 1 aromatic heterocycles. The molecule has 3 heterocycles. The zero-order valence-electron chi connectivity index (χ0n) is 31.8. The van der Waals surface area contributed by atoms with Gasteiger partial charge in [0.05, 0.1) is 43.7 Å². The number of allylic oxidation sites excluding steroid dienone is 1. The number of hydrogen-bond donors (Lipinski definition) is 6. The Labute approximate surface area is 329 Å². The van der Waals surface area contributed by atoms with Crippen molar-refractivity contribution in [2.24, 2.45) is 33.4 Å². The van der Waals surface area contributed by atoms with Crippen LogP contribution in [0.5, 0.6) is 0 Å². The van der Waals surface area contributed by atoms with Crippen LogP contribution in [-0.4, -0.2) is 85.3 Å². The number of aliphatic hydroxyl groups is 2. The molecule has 6 rings (SSSR count). The average Bonchev–Trinajstić information content (AvgIpc) is 3.68. The summed E-state index contributed by atoms with van der Waals surface area (Å²) in [7, 11) is 0. The Kier molecular flexibility index (Phi) is 14.8. The summed E-state index contributed by atoms with van der Waals surface area (Å²) in [4.78, 5) is 23.8. The second kappa shape index (κ2) is 20.1. The molecular formula is C40H48N10O7. The van der Waals surface area contributed by atoms with Crippen LogP contribution in [0, 0.1) is 11.8 Å². The number of hydroxylamine groups is 1. The van der Waals surface area contributed by atoms with E-state index in [1.807, 2.05) is 105 Å². The molecule has 0 radical (unpaired) electrons. The number of carboxylic acid groups (broad SMARTS) is 1. The first-order valence-electron chi connectivity index (χ1n) is 18.3. The highest BCUT2D eigenvalue weighted by Crippen LogP contribution is 2.30. The van der Waals surface area contributed by atoms with Gasteiger partial charge in [0.2, 0.25) is 5.76 Å². The molecule has 8 N–H and O–H groups in total. The van der Waals surface area contributed by atoms with E-state index in [1.165, 1.54) is 10.8 Å². The summed E-state index contributed by atoms with van der Waals surface area (Å²) in [6, 6.07) is 26.9. The fraction of sp³-hybridized carbons (Fsp3) is 0.350. The van der Waals surface area contributed by atoms with Crippen molar-refractivity contribution in [1.29, 1.82) is 0 Å². The number of nitrogens with two attached hydrogens (primary N) is 2. The molecule has 8 atom stereocenters. The number of guanidine groups is 1. The molecule has 0 spiro atoms. The van der Waals surface area contributed by atoms with Crippen LogP contribution in [-0.2, 0) is 32.3 Å². The smallest absolute Gasteiger partial charge is 0.370 e. The van der Waals surface area contributed by atoms with Crippen LogP contribution >= 0.6 is 0 Å². The molecule has 17 heteroatoms. The maximum atomic E-state index is 11.5. The van der Waals surface area contributed by atoms with Crippen LogP contribution in [0.1, 0.15) is 26.3 Å². The van der Waals surface area contributed by atoms with Crippen molar-refractivity contribution in [3.05, 3.63) is 131 Å². The maximum Gasteiger partial charge on any atom is 0.370 e. The molecule has 57 heavy (non-hydrogen) atoms. The number of aliphatic imine (C=N–C) groups is 1. The van der Waals surface area contributed by atoms with E-state index in [9.17, 15) is 20.1 Å². The van der Waals surface area contributed by atoms with Gasteiger partial charge in [-0.3, -0.25) is 4.84 Å². The van der Waals surface area contributed by atoms with E-state index in [-0.39, 0.29) is 30.6 Å². The Balaban J connectivity index is 0.000000251. The van der Waals surface area contributed by atoms with Crippen molar-refractivity contribution in [1.82, 2.24) is 20.5 Å². The molecule has 4 aromatic rings. The van der Waals surface area contributed by atoms with Gasteiger partial charge in [0, 0.05) is 22.3 Å². The van der Waals surface area contributed by atoms with Gasteiger partial charge < -0.3 is 36.3 Å². The lowest BCUT2D eigenvalue weighted by molar-refractivity contribution is -0.146. The molecule has 3 aromatic carbocycles. The third kappa shape index (κ3) is 11.6. The predicted octanol–water partition coefficient (Wildman–Crippen LogP) is 4.30. The van der Waals surface area contributed by atoms with Crippen molar-refractivity contribution < 1.29 is 34.4 Å². The van der Waals surface area contributed by atoms with Crippen LogP contribution < -0.4 is 16.9 Å². The monoisotopic (exact) mass is 780 g/mol. The topological polar surface area (TPSA) is 261 Å². The summed E-state index contributed by atoms with van der Waals surface area (Å²) in [5.74, 6) is -1.60. The normalized spacial score (nSPS) is 22.4. The van der Waals surface area contributed by atoms with E-state index in [0.29, 0.717) is 18.8 Å². The van der Waals surface area contributed by atoms with E-state index in [0.717, 1.165) is 28.0 Å². The molecule has 17 nitrogen and oxygen atoms in total. The summed E-state index contributed by atoms with van der Waals surface area (Å²) >= 11 is 0. The van der Waals surface area contributed by atoms with E-state index in [4.69, 9.17) is 31.3 Å². The summed E-state index contributed by atoms with van der Waals surface area (Å²) in [6.07, 6.45) is 0.849. The molecule has 0 amide bonds. The number of ether oxygens (including phenoxy) is 2. The summed E-state index contributed by atoms with van der Waals surface area (Å²) in [5.41, 5.74) is 27.2. The van der Waals surface area contributed by atoms with Gasteiger partial charge in [0.15, 0.2) is 5.96 Å². The second-order valence-electron chi connectivity index (χ2n) is 13.8. The van der Waals surface area contributed by atoms with Gasteiger partial charge >= 0.3 is 5.97 Å². The lowest BCUT2D eigenvalue weighted by Gasteiger charge is -2.36. The number of hydrogen-bond acceptors (Lipinski definition) is 11. The minimum Gasteiger partial charge on any atom is -0.494 e. The summed E-state index contributed by atoms with van der Waals surface area (Å²) in [6.45, 7) is 6.50. The van der Waals surface area contributed by atoms with Crippen molar-refractivity contribution in [2.45, 2.75) is 70.4 Å². The highest BCUT2D eigenvalue weighted by atomic mass is 16.6. The predicted molar refractivity (Wildman–Crippen MR) is 212 cm³/mol. The first kappa shape index (κ1) is 41.9. The Morgan fingerprint density at radius 2 is 1.60 bits per heavy atom. The molecule has 0 aliphatic carbocycles. The van der Waals surface area contributed by atoms with Crippen LogP contribution in [0.2, 0.25) is 0 Å². The molecular weight excluding hydrogens is 733 g/mol. The summed E-state index contributed by atoms with van der Waals surface area (Å²) in [5, 5.41) is 42.9. The fourth-order valence-electron chi connectivity index (χ4n) is 6.40. The van der Waals surface area contributed by atoms with E-state index < -0.39 is 42.0 Å². The van der Waals surface area contributed by atoms with Crippen LogP contribution in [0.4, 0.5) is 0 Å². The van der Waals surface area contributed by atoms with Crippen molar-refractivity contribution >= 4 is 11.9 Å². The molecule has 0 bridgehead atoms. The van der Waals surface area contributed by atoms with Gasteiger partial charge in [-0.05, 0) is 41.3 Å². The highest BCUT2D eigenvalue weighted by molar-refractivity contribution is 5.85. The lowest BCUT2D eigenvalue weighted by Crippen LogP contribution is -2.49. The number of benzene rings is 3. The lowest BCUT2D eigenvalue weighted by atomic mass is 9.87. The summed E-state index contributed by atoms with van der Waals surface area (Å²) < 4.78 is 12.6. The second-order valence-corrected chi connectivity index (χ2v) is 13.8. The van der Waals surface area contributed by atoms with E-state index in [1.54, 1.807) is 13.1 Å². The van der Waals surface area contributed by atoms with Crippen molar-refractivity contribution in [3.63, 3.8) is 0 Å². The quantitative estimate of drug-likeness (QED) is 0.0199. The van der Waals surface area contributed by atoms with Crippen LogP contribution in [0.25, 0.3) is 32.8 Å². The largest absolute Gasteiger partial charge is 0.494 e. The van der Waals surface area contributed by atoms with Crippen molar-refractivity contribution in [3.8, 4) is 22.4 Å². The zero-order chi connectivity index (χ0) is 40.9. The number of azide groups is 1. The van der Waals surface area contributed by atoms with Gasteiger partial charge in [-0.25, -0.2) is 14.5 Å². The van der Waals surface area contributed by atoms with Gasteiger partial charge in [0.1, 0.15) is 30.1 Å². The number of carboxylic acids is 1. The first-order valence-corrected chi connectivity index (χ1v) is 18.3. The average molecular weight is 781 g/mol. The first-order chi connectivity index (χ1) is 27.4. The van der Waals surface area contributed by atoms with E-state index >= 15 is 0 Å². The number of nitrogens with one attached hydrogen (secondary N) is 1. The fourth-order valence-corrected chi connectivity index (χ4v) is 6.40. The Morgan fingerprint density at radius 3 is 2.25 bits per heavy atom. The SMILES string of the molecule is CC1=C[C@@H](N=[N+]=[N-])[C@@H](C)C(CNOCc2ccccc2)O1.C[C@H]1C(C(O)C(O)Cn2cc(-c3ccc(-c4ccccc4)cc3)nn2)OC(C(=O)O)=C[C@H]1N=C(N)N. The minimum atomic E-state index is -1.45. The third-order valence-electron chi connectivity index (χ3n) is 9.60. The minimum absolute atomic E-state index is 0.0822. The molecule has 4 unspecified atom stereocenters. The molecule has 0 saturated carbocycles. The number of aliphatic carboxylic acids is 1. The number of aromatic nitrogens is 3. The van der Waals surface area contributed by atoms with Crippen LogP contribution in [0.15, 0.2) is 125 Å². The Hall–Kier alpha value is -6.23. The number of nitrogens with zero attached hydrogens (tertiary/aromatic N) is 7. The van der Waals surface area contributed by atoms with Gasteiger partial charge in [-0.2, -0.15) is 5.48 Å². The highest BCUT2D eigenvalue weighted by Gasteiger charge is 2.41. The maximum absolute atomic E-state index is 11.5. The number of aliphatic hydroxyl groups excluding tert-OH is 2. The van der Waals surface area contributed by atoms with Gasteiger partial charge in [-0.15, -0.1) is 5.10 Å². The van der Waals surface area contributed by atoms with Crippen molar-refractivity contribution in [2.75, 3.05) is 6.54 Å². The van der Waals surface area contributed by atoms with E-state index in [2.05, 4.69) is 30.8 Å². The Bertz CT molecular complexity index is 2050. The number of carbonyl (C=O) groups is 1. The molecule has 2 aliphatic heterocycles. The standard InChI is InChI=1S/C25H28N6O5.C15H20N4O2/c1-14-18(28-25(26)27)11-21(24(34)35)36-23(14)22(33)20(32)13-31-12-19(29-30-31)17-9-7-16(8-10-17)15-5-3-2-4-6-15;1-11-8-14(18-19-16)12(2)15(21-11)9-17-20-10-13-6-4-3-5-7-13/h2-12,14,18,20,22-23,32-33H,13H2,1H3,(H,34,35)(H4,26,27,28);3-8,12,14-15,17H,9-10H2,1-2H3/t14-,18-,20?,22?,23?;12-,14-,15?/m11/s1. The Morgan fingerprint density at radius 1 is 0.947 bits per heavy atom. The molecule has 2 aliphatic rings. The number of rotatable bonds is 14. The molecule has 0 saturated heterocycles. The van der Waals surface area contributed by atoms with Gasteiger partial charge in [0.25, 0.3) is 0 Å². The molecule has 300 valence electrons. The molecule has 0 fully saturated rings. The van der Waals surface area contributed by atoms with Gasteiger partial charge in [-0.1, -0.05) is 109 Å². The third-order valence-corrected chi connectivity index (χ3v) is 9.60. The zero-order valence-corrected chi connectivity index (χ0v) is 31.8.